The van der Waals surface area contributed by atoms with Gasteiger partial charge in [-0.15, -0.1) is 0 Å². The molecule has 0 unspecified atom stereocenters. The topological polar surface area (TPSA) is 40.5 Å². The molecule has 1 heterocycles. The molecule has 1 aliphatic rings. The second kappa shape index (κ2) is 7.83. The van der Waals surface area contributed by atoms with Gasteiger partial charge in [-0.25, -0.2) is 4.39 Å². The van der Waals surface area contributed by atoms with E-state index in [2.05, 4.69) is 0 Å². The zero-order valence-corrected chi connectivity index (χ0v) is 14.3. The Kier molecular flexibility index (Phi) is 6.21. The number of likely N-dealkylation sites (tertiary alicyclic amines) is 1. The summed E-state index contributed by atoms with van der Waals surface area (Å²) in [5.74, 6) is -2.50. The van der Waals surface area contributed by atoms with E-state index in [1.165, 1.54) is 6.07 Å². The first-order valence-corrected chi connectivity index (χ1v) is 8.40. The van der Waals surface area contributed by atoms with Crippen molar-refractivity contribution < 1.29 is 27.5 Å². The van der Waals surface area contributed by atoms with Gasteiger partial charge in [0.2, 0.25) is 0 Å². The number of aliphatic hydroxyl groups is 1. The molecule has 140 valence electrons. The highest BCUT2D eigenvalue weighted by atomic mass is 19.4. The molecule has 1 N–H and O–H groups in total. The van der Waals surface area contributed by atoms with Gasteiger partial charge in [-0.2, -0.15) is 13.2 Å². The number of ketones is 1. The van der Waals surface area contributed by atoms with Crippen molar-refractivity contribution in [2.75, 3.05) is 19.6 Å². The molecule has 3 nitrogen and oxygen atoms in total. The molecule has 0 aliphatic carbocycles. The van der Waals surface area contributed by atoms with E-state index in [4.69, 9.17) is 0 Å². The number of Topliss-reactive ketones (excluding diaryl/α,β-unsaturated/α-hetero) is 1. The number of piperidine rings is 1. The van der Waals surface area contributed by atoms with Gasteiger partial charge in [0.25, 0.3) is 0 Å². The quantitative estimate of drug-likeness (QED) is 0.815. The summed E-state index contributed by atoms with van der Waals surface area (Å²) in [6, 6.07) is 2.72. The summed E-state index contributed by atoms with van der Waals surface area (Å²) < 4.78 is 52.1. The average Bonchev–Trinajstić information content (AvgIpc) is 2.52. The molecule has 0 bridgehead atoms. The van der Waals surface area contributed by atoms with Crippen molar-refractivity contribution in [1.29, 1.82) is 0 Å². The van der Waals surface area contributed by atoms with Crippen LogP contribution in [-0.2, 0) is 11.0 Å². The van der Waals surface area contributed by atoms with Gasteiger partial charge in [0.05, 0.1) is 17.6 Å². The molecule has 25 heavy (non-hydrogen) atoms. The lowest BCUT2D eigenvalue weighted by atomic mass is 9.87. The molecule has 7 heteroatoms. The van der Waals surface area contributed by atoms with Crippen LogP contribution in [0.4, 0.5) is 17.6 Å². The van der Waals surface area contributed by atoms with Gasteiger partial charge < -0.3 is 10.0 Å². The first-order valence-electron chi connectivity index (χ1n) is 8.40. The summed E-state index contributed by atoms with van der Waals surface area (Å²) in [4.78, 5) is 14.5. The standard InChI is InChI=1S/C18H23F4NO2/c1-11(2)17(25)14(10-23-7-5-13(24)6-8-23)12-3-4-15(16(19)9-12)18(20,21)22/h3-4,9,11,13-14,24H,5-8,10H2,1-2H3/t14-/m0/s1. The number of nitrogens with zero attached hydrogens (tertiary/aromatic N) is 1. The molecule has 0 amide bonds. The van der Waals surface area contributed by atoms with E-state index in [0.717, 1.165) is 6.07 Å². The van der Waals surface area contributed by atoms with Crippen LogP contribution in [0.5, 0.6) is 0 Å². The summed E-state index contributed by atoms with van der Waals surface area (Å²) in [5, 5.41) is 9.57. The van der Waals surface area contributed by atoms with E-state index in [9.17, 15) is 27.5 Å². The van der Waals surface area contributed by atoms with E-state index in [1.54, 1.807) is 13.8 Å². The highest BCUT2D eigenvalue weighted by molar-refractivity contribution is 5.87. The fourth-order valence-corrected chi connectivity index (χ4v) is 3.10. The molecule has 0 saturated carbocycles. The van der Waals surface area contributed by atoms with Crippen LogP contribution in [0.2, 0.25) is 0 Å². The molecule has 1 atom stereocenters. The minimum absolute atomic E-state index is 0.134. The molecular weight excluding hydrogens is 338 g/mol. The third-order valence-electron chi connectivity index (χ3n) is 4.61. The first-order chi connectivity index (χ1) is 11.6. The molecule has 0 radical (unpaired) electrons. The average molecular weight is 361 g/mol. The van der Waals surface area contributed by atoms with Gasteiger partial charge in [-0.05, 0) is 30.5 Å². The third-order valence-corrected chi connectivity index (χ3v) is 4.61. The van der Waals surface area contributed by atoms with Crippen LogP contribution in [0.3, 0.4) is 0 Å². The molecule has 1 aromatic carbocycles. The Morgan fingerprint density at radius 1 is 1.28 bits per heavy atom. The molecule has 1 aliphatic heterocycles. The van der Waals surface area contributed by atoms with Gasteiger partial charge in [0, 0.05) is 25.6 Å². The van der Waals surface area contributed by atoms with E-state index in [1.807, 2.05) is 4.90 Å². The zero-order chi connectivity index (χ0) is 18.8. The van der Waals surface area contributed by atoms with Crippen LogP contribution in [0.25, 0.3) is 0 Å². The summed E-state index contributed by atoms with van der Waals surface area (Å²) in [7, 11) is 0. The maximum Gasteiger partial charge on any atom is 0.419 e. The minimum atomic E-state index is -4.76. The summed E-state index contributed by atoms with van der Waals surface area (Å²) >= 11 is 0. The van der Waals surface area contributed by atoms with E-state index >= 15 is 0 Å². The van der Waals surface area contributed by atoms with Crippen molar-refractivity contribution in [3.05, 3.63) is 35.1 Å². The Hall–Kier alpha value is -1.47. The van der Waals surface area contributed by atoms with Crippen LogP contribution in [0.1, 0.15) is 43.7 Å². The van der Waals surface area contributed by atoms with Gasteiger partial charge in [0.15, 0.2) is 0 Å². The number of benzene rings is 1. The van der Waals surface area contributed by atoms with E-state index < -0.39 is 23.5 Å². The number of halogens is 4. The fourth-order valence-electron chi connectivity index (χ4n) is 3.10. The normalized spacial score (nSPS) is 18.6. The van der Waals surface area contributed by atoms with Gasteiger partial charge in [0.1, 0.15) is 11.6 Å². The molecule has 1 aromatic rings. The molecule has 1 saturated heterocycles. The number of rotatable bonds is 5. The second-order valence-corrected chi connectivity index (χ2v) is 6.88. The van der Waals surface area contributed by atoms with Crippen molar-refractivity contribution >= 4 is 5.78 Å². The zero-order valence-electron chi connectivity index (χ0n) is 14.3. The lowest BCUT2D eigenvalue weighted by molar-refractivity contribution is -0.140. The van der Waals surface area contributed by atoms with Crippen molar-refractivity contribution in [3.8, 4) is 0 Å². The van der Waals surface area contributed by atoms with Crippen molar-refractivity contribution in [2.24, 2.45) is 5.92 Å². The van der Waals surface area contributed by atoms with Crippen LogP contribution in [0, 0.1) is 11.7 Å². The monoisotopic (exact) mass is 361 g/mol. The predicted octanol–water partition coefficient (Wildman–Crippen LogP) is 3.61. The molecule has 1 fully saturated rings. The Bertz CT molecular complexity index is 608. The second-order valence-electron chi connectivity index (χ2n) is 6.88. The number of hydrogen-bond acceptors (Lipinski definition) is 3. The lowest BCUT2D eigenvalue weighted by Gasteiger charge is -2.32. The molecule has 0 spiro atoms. The highest BCUT2D eigenvalue weighted by Gasteiger charge is 2.35. The minimum Gasteiger partial charge on any atom is -0.393 e. The smallest absolute Gasteiger partial charge is 0.393 e. The van der Waals surface area contributed by atoms with Crippen LogP contribution in [-0.4, -0.2) is 41.5 Å². The third kappa shape index (κ3) is 5.01. The maximum atomic E-state index is 13.9. The largest absolute Gasteiger partial charge is 0.419 e. The number of carbonyl (C=O) groups is 1. The molecule has 0 aromatic heterocycles. The number of aliphatic hydroxyl groups excluding tert-OH is 1. The number of carbonyl (C=O) groups excluding carboxylic acids is 1. The Balaban J connectivity index is 2.26. The maximum absolute atomic E-state index is 13.9. The van der Waals surface area contributed by atoms with Crippen molar-refractivity contribution in [1.82, 2.24) is 4.90 Å². The molecular formula is C18H23F4NO2. The fraction of sp³-hybridized carbons (Fsp3) is 0.611. The SMILES string of the molecule is CC(C)C(=O)[C@@H](CN1CCC(O)CC1)c1ccc(C(F)(F)F)c(F)c1. The van der Waals surface area contributed by atoms with Crippen LogP contribution in [0.15, 0.2) is 18.2 Å². The number of alkyl halides is 3. The summed E-state index contributed by atoms with van der Waals surface area (Å²) in [6.07, 6.45) is -3.95. The summed E-state index contributed by atoms with van der Waals surface area (Å²) in [5.41, 5.74) is -1.07. The lowest BCUT2D eigenvalue weighted by Crippen LogP contribution is -2.40. The molecule has 2 rings (SSSR count). The van der Waals surface area contributed by atoms with Gasteiger partial charge in [-0.3, -0.25) is 4.79 Å². The highest BCUT2D eigenvalue weighted by Crippen LogP contribution is 2.33. The summed E-state index contributed by atoms with van der Waals surface area (Å²) in [6.45, 7) is 4.96. The Morgan fingerprint density at radius 2 is 1.88 bits per heavy atom. The number of hydrogen-bond donors (Lipinski definition) is 1. The Morgan fingerprint density at radius 3 is 2.36 bits per heavy atom. The van der Waals surface area contributed by atoms with Gasteiger partial charge in [-0.1, -0.05) is 19.9 Å². The van der Waals surface area contributed by atoms with Crippen molar-refractivity contribution in [2.45, 2.75) is 44.9 Å². The predicted molar refractivity (Wildman–Crippen MR) is 85.7 cm³/mol. The van der Waals surface area contributed by atoms with E-state index in [0.29, 0.717) is 38.5 Å². The van der Waals surface area contributed by atoms with Crippen LogP contribution < -0.4 is 0 Å². The van der Waals surface area contributed by atoms with Gasteiger partial charge >= 0.3 is 6.18 Å². The van der Waals surface area contributed by atoms with Crippen LogP contribution >= 0.6 is 0 Å². The first kappa shape index (κ1) is 19.8. The Labute approximate surface area is 144 Å². The van der Waals surface area contributed by atoms with Crippen molar-refractivity contribution in [3.63, 3.8) is 0 Å². The van der Waals surface area contributed by atoms with E-state index in [-0.39, 0.29) is 23.4 Å².